The van der Waals surface area contributed by atoms with Gasteiger partial charge >= 0.3 is 0 Å². The summed E-state index contributed by atoms with van der Waals surface area (Å²) >= 11 is 10.5. The average Bonchev–Trinajstić information content (AvgIpc) is 2.27. The van der Waals surface area contributed by atoms with Crippen LogP contribution < -0.4 is 0 Å². The Morgan fingerprint density at radius 3 is 3.00 bits per heavy atom. The number of aromatic nitrogens is 3. The number of nitrogens with one attached hydrogen (secondary N) is 2. The number of imidazole rings is 1. The summed E-state index contributed by atoms with van der Waals surface area (Å²) in [6, 6.07) is 3.54. The van der Waals surface area contributed by atoms with E-state index in [2.05, 4.69) is 15.0 Å². The maximum Gasteiger partial charge on any atom is 0.176 e. The molecule has 11 heavy (non-hydrogen) atoms. The van der Waals surface area contributed by atoms with Gasteiger partial charge in [-0.2, -0.15) is 0 Å². The lowest BCUT2D eigenvalue weighted by molar-refractivity contribution is 1.27. The molecular weight excluding hydrogens is 182 g/mol. The fraction of sp³-hybridized carbons (Fsp3) is 0. The molecule has 2 aromatic rings. The number of rotatable bonds is 0. The number of pyridine rings is 1. The number of halogens is 1. The Morgan fingerprint density at radius 2 is 2.18 bits per heavy atom. The van der Waals surface area contributed by atoms with Crippen LogP contribution in [0.1, 0.15) is 0 Å². The second-order valence-corrected chi connectivity index (χ2v) is 2.90. The van der Waals surface area contributed by atoms with Crippen molar-refractivity contribution in [3.63, 3.8) is 0 Å². The first kappa shape index (κ1) is 6.82. The summed E-state index contributed by atoms with van der Waals surface area (Å²) in [7, 11) is 0. The molecule has 0 saturated carbocycles. The summed E-state index contributed by atoms with van der Waals surface area (Å²) in [5, 5.41) is 0.461. The Kier molecular flexibility index (Phi) is 1.44. The van der Waals surface area contributed by atoms with E-state index in [9.17, 15) is 0 Å². The lowest BCUT2D eigenvalue weighted by atomic mass is 10.4. The van der Waals surface area contributed by atoms with Crippen molar-refractivity contribution in [3.8, 4) is 0 Å². The van der Waals surface area contributed by atoms with Crippen molar-refractivity contribution < 1.29 is 0 Å². The van der Waals surface area contributed by atoms with Gasteiger partial charge in [0.05, 0.1) is 5.52 Å². The zero-order valence-corrected chi connectivity index (χ0v) is 6.96. The highest BCUT2D eigenvalue weighted by Gasteiger charge is 1.96. The second-order valence-electron chi connectivity index (χ2n) is 2.11. The third kappa shape index (κ3) is 1.15. The number of fused-ring (bicyclic) bond motifs is 1. The molecule has 3 nitrogen and oxygen atoms in total. The molecule has 2 rings (SSSR count). The molecule has 0 radical (unpaired) electrons. The first-order valence-corrected chi connectivity index (χ1v) is 3.79. The Labute approximate surface area is 72.4 Å². The van der Waals surface area contributed by atoms with E-state index in [1.165, 1.54) is 0 Å². The van der Waals surface area contributed by atoms with Crippen LogP contribution in [0.15, 0.2) is 12.1 Å². The summed E-state index contributed by atoms with van der Waals surface area (Å²) in [6.07, 6.45) is 0. The zero-order chi connectivity index (χ0) is 7.84. The summed E-state index contributed by atoms with van der Waals surface area (Å²) < 4.78 is 0.565. The van der Waals surface area contributed by atoms with Crippen LogP contribution in [0.4, 0.5) is 0 Å². The number of hydrogen-bond acceptors (Lipinski definition) is 2. The van der Waals surface area contributed by atoms with Gasteiger partial charge in [-0.25, -0.2) is 4.98 Å². The minimum absolute atomic E-state index is 0.461. The van der Waals surface area contributed by atoms with Gasteiger partial charge in [-0.05, 0) is 24.4 Å². The van der Waals surface area contributed by atoms with E-state index in [0.29, 0.717) is 15.6 Å². The van der Waals surface area contributed by atoms with Gasteiger partial charge in [0, 0.05) is 0 Å². The molecule has 0 amide bonds. The first-order chi connectivity index (χ1) is 5.25. The monoisotopic (exact) mass is 185 g/mol. The predicted molar refractivity (Wildman–Crippen MR) is 46.3 cm³/mol. The van der Waals surface area contributed by atoms with E-state index in [0.717, 1.165) is 5.52 Å². The van der Waals surface area contributed by atoms with E-state index >= 15 is 0 Å². The molecule has 0 aromatic carbocycles. The molecule has 2 aromatic heterocycles. The van der Waals surface area contributed by atoms with Gasteiger partial charge in [0.1, 0.15) is 5.15 Å². The van der Waals surface area contributed by atoms with E-state index in [1.54, 1.807) is 6.07 Å². The Bertz CT molecular complexity index is 444. The SMILES string of the molecule is S=c1[nH]c2ccc(Cl)nc2[nH]1. The summed E-state index contributed by atoms with van der Waals surface area (Å²) in [5.74, 6) is 0. The number of aromatic amines is 2. The molecule has 2 N–H and O–H groups in total. The number of hydrogen-bond donors (Lipinski definition) is 2. The first-order valence-electron chi connectivity index (χ1n) is 3.00. The van der Waals surface area contributed by atoms with Crippen LogP contribution in [-0.4, -0.2) is 15.0 Å². The molecule has 0 saturated heterocycles. The normalized spacial score (nSPS) is 10.6. The highest BCUT2D eigenvalue weighted by atomic mass is 35.5. The van der Waals surface area contributed by atoms with Gasteiger partial charge in [0.15, 0.2) is 10.4 Å². The van der Waals surface area contributed by atoms with Gasteiger partial charge in [0.2, 0.25) is 0 Å². The van der Waals surface area contributed by atoms with Gasteiger partial charge in [-0.15, -0.1) is 0 Å². The minimum Gasteiger partial charge on any atom is -0.329 e. The van der Waals surface area contributed by atoms with Crippen molar-refractivity contribution in [1.29, 1.82) is 0 Å². The molecule has 0 spiro atoms. The highest BCUT2D eigenvalue weighted by Crippen LogP contribution is 2.10. The Morgan fingerprint density at radius 1 is 1.36 bits per heavy atom. The standard InChI is InChI=1S/C6H4ClN3S/c7-4-2-1-3-5(9-4)10-6(11)8-3/h1-2H,(H2,8,9,10,11). The largest absolute Gasteiger partial charge is 0.329 e. The van der Waals surface area contributed by atoms with Crippen LogP contribution >= 0.6 is 23.8 Å². The van der Waals surface area contributed by atoms with Crippen LogP contribution in [-0.2, 0) is 0 Å². The van der Waals surface area contributed by atoms with Crippen molar-refractivity contribution in [3.05, 3.63) is 22.1 Å². The highest BCUT2D eigenvalue weighted by molar-refractivity contribution is 7.71. The maximum absolute atomic E-state index is 5.65. The van der Waals surface area contributed by atoms with Crippen molar-refractivity contribution in [2.75, 3.05) is 0 Å². The summed E-state index contributed by atoms with van der Waals surface area (Å²) in [5.41, 5.74) is 1.57. The van der Waals surface area contributed by atoms with Crippen LogP contribution in [0.5, 0.6) is 0 Å². The molecule has 0 aliphatic heterocycles. The molecule has 0 bridgehead atoms. The lowest BCUT2D eigenvalue weighted by Gasteiger charge is -1.87. The Hall–Kier alpha value is -0.870. The lowest BCUT2D eigenvalue weighted by Crippen LogP contribution is -1.75. The molecule has 0 aliphatic rings. The molecule has 0 unspecified atom stereocenters. The molecule has 56 valence electrons. The second kappa shape index (κ2) is 2.32. The smallest absolute Gasteiger partial charge is 0.176 e. The molecule has 0 atom stereocenters. The third-order valence-corrected chi connectivity index (χ3v) is 1.76. The summed E-state index contributed by atoms with van der Waals surface area (Å²) in [6.45, 7) is 0. The van der Waals surface area contributed by atoms with Crippen molar-refractivity contribution in [2.24, 2.45) is 0 Å². The van der Waals surface area contributed by atoms with Gasteiger partial charge in [-0.3, -0.25) is 0 Å². The van der Waals surface area contributed by atoms with Crippen molar-refractivity contribution >= 4 is 35.0 Å². The van der Waals surface area contributed by atoms with E-state index < -0.39 is 0 Å². The Balaban J connectivity index is 2.92. The number of nitrogens with zero attached hydrogens (tertiary/aromatic N) is 1. The molecule has 0 aliphatic carbocycles. The van der Waals surface area contributed by atoms with Crippen LogP contribution in [0.2, 0.25) is 5.15 Å². The average molecular weight is 186 g/mol. The summed E-state index contributed by atoms with van der Waals surface area (Å²) in [4.78, 5) is 9.80. The third-order valence-electron chi connectivity index (χ3n) is 1.34. The van der Waals surface area contributed by atoms with Crippen LogP contribution in [0.25, 0.3) is 11.2 Å². The topological polar surface area (TPSA) is 44.5 Å². The van der Waals surface area contributed by atoms with Crippen molar-refractivity contribution in [1.82, 2.24) is 15.0 Å². The van der Waals surface area contributed by atoms with Gasteiger partial charge in [-0.1, -0.05) is 11.6 Å². The fourth-order valence-electron chi connectivity index (χ4n) is 0.893. The van der Waals surface area contributed by atoms with Gasteiger partial charge < -0.3 is 9.97 Å². The van der Waals surface area contributed by atoms with Crippen molar-refractivity contribution in [2.45, 2.75) is 0 Å². The molecular formula is C6H4ClN3S. The molecule has 0 fully saturated rings. The van der Waals surface area contributed by atoms with Crippen LogP contribution in [0.3, 0.4) is 0 Å². The van der Waals surface area contributed by atoms with E-state index in [4.69, 9.17) is 23.8 Å². The van der Waals surface area contributed by atoms with E-state index in [-0.39, 0.29) is 0 Å². The minimum atomic E-state index is 0.461. The predicted octanol–water partition coefficient (Wildman–Crippen LogP) is 2.27. The number of H-pyrrole nitrogens is 2. The van der Waals surface area contributed by atoms with Crippen LogP contribution in [0, 0.1) is 4.77 Å². The molecule has 2 heterocycles. The fourth-order valence-corrected chi connectivity index (χ4v) is 1.25. The maximum atomic E-state index is 5.65. The quantitative estimate of drug-likeness (QED) is 0.489. The zero-order valence-electron chi connectivity index (χ0n) is 5.39. The van der Waals surface area contributed by atoms with E-state index in [1.807, 2.05) is 6.07 Å². The molecule has 5 heteroatoms. The van der Waals surface area contributed by atoms with Gasteiger partial charge in [0.25, 0.3) is 0 Å².